The number of allylic oxidation sites excluding steroid dienone is 1. The summed E-state index contributed by atoms with van der Waals surface area (Å²) in [5.41, 5.74) is 26.2. The van der Waals surface area contributed by atoms with Gasteiger partial charge in [-0.15, -0.1) is 0 Å². The number of nitrogens with one attached hydrogen (secondary N) is 2. The van der Waals surface area contributed by atoms with Gasteiger partial charge in [0.25, 0.3) is 0 Å². The Balaban J connectivity index is 1.06. The fourth-order valence-electron chi connectivity index (χ4n) is 12.7. The van der Waals surface area contributed by atoms with Gasteiger partial charge in [-0.1, -0.05) is 226 Å². The van der Waals surface area contributed by atoms with Gasteiger partial charge < -0.3 is 10.2 Å². The zero-order chi connectivity index (χ0) is 48.1. The molecule has 0 saturated carbocycles. The predicted molar refractivity (Wildman–Crippen MR) is 299 cm³/mol. The molecule has 10 aromatic carbocycles. The summed E-state index contributed by atoms with van der Waals surface area (Å²) in [6.07, 6.45) is 2.27. The highest BCUT2D eigenvalue weighted by Crippen LogP contribution is 2.64. The standard InChI is InChI=1S/C69H49N3/c1-68(2)56-31-16-15-30-54(56)65-60(68)35-20-36-63(65)72(49-39-40-53-52-29-14-19-34-59(52)69(61(53)43-49)57-32-17-12-27-50(57)51-28-13-18-33-58(51)69)48-38-37-47-41-62(44-21-6-3-7-22-44)71-67(55(47)42-48)64(45-23-8-4-9-24-45)66(70)46-25-10-5-11-26-46/h3-43,70-71H,1-2H3/b67-64-,70-66?. The zero-order valence-corrected chi connectivity index (χ0v) is 40.1. The van der Waals surface area contributed by atoms with Gasteiger partial charge in [0.1, 0.15) is 0 Å². The van der Waals surface area contributed by atoms with Crippen LogP contribution in [0, 0.1) is 5.41 Å². The second kappa shape index (κ2) is 16.0. The highest BCUT2D eigenvalue weighted by molar-refractivity contribution is 6.36. The van der Waals surface area contributed by atoms with Crippen molar-refractivity contribution in [2.45, 2.75) is 24.7 Å². The first-order chi connectivity index (χ1) is 35.4. The monoisotopic (exact) mass is 919 g/mol. The quantitative estimate of drug-likeness (QED) is 0.156. The minimum Gasteiger partial charge on any atom is -0.354 e. The Bertz CT molecular complexity index is 3870. The van der Waals surface area contributed by atoms with Crippen LogP contribution in [0.25, 0.3) is 56.4 Å². The lowest BCUT2D eigenvalue weighted by molar-refractivity contribution is 0.660. The number of anilines is 3. The van der Waals surface area contributed by atoms with Crippen LogP contribution in [0.3, 0.4) is 0 Å². The van der Waals surface area contributed by atoms with Crippen LogP contribution in [0.1, 0.15) is 75.0 Å². The van der Waals surface area contributed by atoms with Crippen molar-refractivity contribution >= 4 is 45.8 Å². The molecule has 0 bridgehead atoms. The number of hydrogen-bond donors (Lipinski definition) is 2. The fourth-order valence-corrected chi connectivity index (χ4v) is 12.7. The molecule has 0 unspecified atom stereocenters. The Hall–Kier alpha value is -9.05. The number of nitrogens with zero attached hydrogens (tertiary/aromatic N) is 1. The van der Waals surface area contributed by atoms with Crippen LogP contribution < -0.4 is 10.2 Å². The average Bonchev–Trinajstić information content (AvgIpc) is 4.01. The molecule has 0 saturated heterocycles. The molecule has 3 aliphatic carbocycles. The molecule has 3 nitrogen and oxygen atoms in total. The number of fused-ring (bicyclic) bond motifs is 14. The Morgan fingerprint density at radius 3 is 1.56 bits per heavy atom. The van der Waals surface area contributed by atoms with Crippen molar-refractivity contribution in [2.24, 2.45) is 0 Å². The molecule has 2 N–H and O–H groups in total. The fraction of sp³-hybridized carbons (Fsp3) is 0.0580. The van der Waals surface area contributed by atoms with Gasteiger partial charge in [0.15, 0.2) is 0 Å². The van der Waals surface area contributed by atoms with Crippen LogP contribution in [-0.4, -0.2) is 5.71 Å². The van der Waals surface area contributed by atoms with Gasteiger partial charge in [0.2, 0.25) is 0 Å². The van der Waals surface area contributed by atoms with Crippen molar-refractivity contribution in [3.63, 3.8) is 0 Å². The van der Waals surface area contributed by atoms with Gasteiger partial charge in [-0.2, -0.15) is 0 Å². The lowest BCUT2D eigenvalue weighted by atomic mass is 9.70. The summed E-state index contributed by atoms with van der Waals surface area (Å²) in [5, 5.41) is 14.0. The molecule has 1 spiro atoms. The largest absolute Gasteiger partial charge is 0.354 e. The van der Waals surface area contributed by atoms with Crippen molar-refractivity contribution in [3.8, 4) is 33.4 Å². The van der Waals surface area contributed by atoms with Gasteiger partial charge in [0, 0.05) is 44.8 Å². The third-order valence-electron chi connectivity index (χ3n) is 15.9. The summed E-state index contributed by atoms with van der Waals surface area (Å²) in [7, 11) is 0. The molecule has 0 fully saturated rings. The van der Waals surface area contributed by atoms with E-state index >= 15 is 0 Å². The van der Waals surface area contributed by atoms with Crippen LogP contribution in [0.15, 0.2) is 243 Å². The van der Waals surface area contributed by atoms with E-state index in [2.05, 4.69) is 236 Å². The lowest BCUT2D eigenvalue weighted by Gasteiger charge is -2.33. The van der Waals surface area contributed by atoms with E-state index in [9.17, 15) is 5.41 Å². The summed E-state index contributed by atoms with van der Waals surface area (Å²) in [6, 6.07) is 88.3. The third kappa shape index (κ3) is 6.01. The van der Waals surface area contributed by atoms with E-state index in [1.807, 2.05) is 36.4 Å². The van der Waals surface area contributed by atoms with Gasteiger partial charge in [-0.05, 0) is 114 Å². The molecule has 1 heterocycles. The van der Waals surface area contributed by atoms with Crippen molar-refractivity contribution in [3.05, 3.63) is 304 Å². The maximum Gasteiger partial charge on any atom is 0.0726 e. The highest BCUT2D eigenvalue weighted by atomic mass is 15.1. The number of benzene rings is 10. The van der Waals surface area contributed by atoms with Crippen molar-refractivity contribution < 1.29 is 0 Å². The summed E-state index contributed by atoms with van der Waals surface area (Å²) in [4.78, 5) is 2.51. The molecule has 1 aliphatic heterocycles. The van der Waals surface area contributed by atoms with Crippen LogP contribution in [0.4, 0.5) is 17.1 Å². The third-order valence-corrected chi connectivity index (χ3v) is 15.9. The summed E-state index contributed by atoms with van der Waals surface area (Å²) < 4.78 is 0. The first-order valence-electron chi connectivity index (χ1n) is 25.0. The van der Waals surface area contributed by atoms with Gasteiger partial charge in [0.05, 0.1) is 22.5 Å². The maximum atomic E-state index is 10.1. The van der Waals surface area contributed by atoms with E-state index in [1.165, 1.54) is 66.8 Å². The average molecular weight is 920 g/mol. The van der Waals surface area contributed by atoms with Crippen molar-refractivity contribution in [1.82, 2.24) is 5.32 Å². The summed E-state index contributed by atoms with van der Waals surface area (Å²) >= 11 is 0. The number of hydrogen-bond acceptors (Lipinski definition) is 3. The molecular formula is C69H49N3. The first kappa shape index (κ1) is 41.9. The second-order valence-electron chi connectivity index (χ2n) is 20.0. The second-order valence-corrected chi connectivity index (χ2v) is 20.0. The van der Waals surface area contributed by atoms with Crippen LogP contribution in [0.2, 0.25) is 0 Å². The minimum absolute atomic E-state index is 0.203. The predicted octanol–water partition coefficient (Wildman–Crippen LogP) is 16.8. The normalized spacial score (nSPS) is 15.2. The molecule has 14 rings (SSSR count). The molecular weight excluding hydrogens is 871 g/mol. The summed E-state index contributed by atoms with van der Waals surface area (Å²) in [6.45, 7) is 4.73. The van der Waals surface area contributed by atoms with Crippen molar-refractivity contribution in [1.29, 1.82) is 5.41 Å². The molecule has 72 heavy (non-hydrogen) atoms. The van der Waals surface area contributed by atoms with E-state index in [1.54, 1.807) is 0 Å². The molecule has 0 radical (unpaired) electrons. The molecule has 0 amide bonds. The zero-order valence-electron chi connectivity index (χ0n) is 40.1. The van der Waals surface area contributed by atoms with Gasteiger partial charge in [-0.25, -0.2) is 0 Å². The Morgan fingerprint density at radius 2 is 0.917 bits per heavy atom. The number of rotatable bonds is 7. The summed E-state index contributed by atoms with van der Waals surface area (Å²) in [5.74, 6) is 0. The SMILES string of the molecule is CC1(C)c2ccccc2-c2c(N(c3ccc4c(c3)/C(=C(/C(=N)c3ccccc3)c3ccccc3)NC(c3ccccc3)=C4)c3ccc4c(c3)C3(c5ccccc5-c5ccccc53)c3ccccc3-4)cccc21. The molecule has 10 aromatic rings. The molecule has 0 aromatic heterocycles. The van der Waals surface area contributed by atoms with Crippen LogP contribution in [-0.2, 0) is 10.8 Å². The van der Waals surface area contributed by atoms with Crippen LogP contribution in [0.5, 0.6) is 0 Å². The van der Waals surface area contributed by atoms with E-state index in [0.29, 0.717) is 5.71 Å². The van der Waals surface area contributed by atoms with E-state index in [0.717, 1.165) is 61.8 Å². The lowest BCUT2D eigenvalue weighted by Crippen LogP contribution is -2.26. The first-order valence-corrected chi connectivity index (χ1v) is 25.0. The minimum atomic E-state index is -0.509. The van der Waals surface area contributed by atoms with Crippen LogP contribution >= 0.6 is 0 Å². The van der Waals surface area contributed by atoms with Gasteiger partial charge in [-0.3, -0.25) is 5.41 Å². The van der Waals surface area contributed by atoms with Gasteiger partial charge >= 0.3 is 0 Å². The Labute approximate surface area is 421 Å². The topological polar surface area (TPSA) is 39.1 Å². The highest BCUT2D eigenvalue weighted by Gasteiger charge is 2.52. The molecule has 4 aliphatic rings. The molecule has 0 atom stereocenters. The Morgan fingerprint density at radius 1 is 0.417 bits per heavy atom. The van der Waals surface area contributed by atoms with E-state index in [-0.39, 0.29) is 5.41 Å². The Kier molecular flexibility index (Phi) is 9.30. The molecule has 3 heteroatoms. The van der Waals surface area contributed by atoms with Crippen molar-refractivity contribution in [2.75, 3.05) is 4.90 Å². The molecule has 340 valence electrons. The van der Waals surface area contributed by atoms with E-state index in [4.69, 9.17) is 0 Å². The van der Waals surface area contributed by atoms with E-state index < -0.39 is 5.41 Å². The smallest absolute Gasteiger partial charge is 0.0726 e. The maximum absolute atomic E-state index is 10.1.